The number of carbonyl (C=O) groups is 2. The van der Waals surface area contributed by atoms with Gasteiger partial charge >= 0.3 is 0 Å². The van der Waals surface area contributed by atoms with Gasteiger partial charge in [0.25, 0.3) is 11.8 Å². The summed E-state index contributed by atoms with van der Waals surface area (Å²) >= 11 is 30.6. The Bertz CT molecular complexity index is 2460. The van der Waals surface area contributed by atoms with Gasteiger partial charge in [-0.1, -0.05) is 70.1 Å². The van der Waals surface area contributed by atoms with Crippen LogP contribution in [-0.4, -0.2) is 125 Å². The van der Waals surface area contributed by atoms with Crippen LogP contribution in [-0.2, 0) is 13.1 Å². The minimum absolute atomic E-state index is 0.0664. The number of piperidine rings is 2. The molecule has 2 aliphatic heterocycles. The number of benzene rings is 2. The molecule has 2 aromatic carbocycles. The quantitative estimate of drug-likeness (QED) is 0.0994. The van der Waals surface area contributed by atoms with Crippen molar-refractivity contribution >= 4 is 75.6 Å². The summed E-state index contributed by atoms with van der Waals surface area (Å²) in [4.78, 5) is 38.3. The van der Waals surface area contributed by atoms with Crippen LogP contribution in [0.1, 0.15) is 57.5 Å². The summed E-state index contributed by atoms with van der Waals surface area (Å²) in [5, 5.41) is 33.0. The lowest BCUT2D eigenvalue weighted by Gasteiger charge is -2.29. The van der Waals surface area contributed by atoms with Gasteiger partial charge in [-0.05, 0) is 142 Å². The van der Waals surface area contributed by atoms with Crippen molar-refractivity contribution in [2.24, 2.45) is 17.6 Å². The molecule has 5 N–H and O–H groups in total. The molecule has 6 heterocycles. The highest BCUT2D eigenvalue weighted by Gasteiger charge is 2.21. The number of pyridine rings is 2. The van der Waals surface area contributed by atoms with E-state index in [0.717, 1.165) is 44.9 Å². The third-order valence-corrected chi connectivity index (χ3v) is 12.4. The van der Waals surface area contributed by atoms with Crippen molar-refractivity contribution in [3.8, 4) is 11.4 Å². The Morgan fingerprint density at radius 2 is 1.15 bits per heavy atom. The number of halogens is 5. The van der Waals surface area contributed by atoms with Gasteiger partial charge in [-0.2, -0.15) is 0 Å². The van der Waals surface area contributed by atoms with Crippen LogP contribution in [0.15, 0.2) is 73.6 Å². The molecule has 2 amide bonds. The molecule has 344 valence electrons. The molecule has 18 nitrogen and oxygen atoms in total. The molecular weight excluding hydrogens is 938 g/mol. The molecule has 0 bridgehead atoms. The standard InChI is InChI=1S/C21H24Cl2N8O.C14H9Cl3N6O.C7H16N2/c1-30-7-5-14(6-8-30)10-24-20-16(9-15(22)11-25-20)21(32)26-12-17-18(23)3-2-4-19(17)31-13-27-28-29-31;15-8-4-9(13(17)18-5-8)14(24)19-6-10-11(16)2-1-3-12(10)23-7-20-21-22-23;1-9-4-2-7(6-8)3-5-9/h2-4,9,11,13-14H,5-8,10,12H2,1H3,(H,24,25)(H,26,32);1-5,7H,6H2,(H,19,24);7H,2-6,8H2,1H3. The lowest BCUT2D eigenvalue weighted by atomic mass is 9.97. The van der Waals surface area contributed by atoms with Crippen LogP contribution in [0.5, 0.6) is 0 Å². The number of carbonyl (C=O) groups excluding carboxylic acids is 2. The maximum absolute atomic E-state index is 13.0. The van der Waals surface area contributed by atoms with Gasteiger partial charge < -0.3 is 31.5 Å². The maximum Gasteiger partial charge on any atom is 0.255 e. The van der Waals surface area contributed by atoms with E-state index in [1.165, 1.54) is 60.2 Å². The van der Waals surface area contributed by atoms with E-state index in [1.54, 1.807) is 42.6 Å². The van der Waals surface area contributed by atoms with E-state index < -0.39 is 5.91 Å². The summed E-state index contributed by atoms with van der Waals surface area (Å²) in [7, 11) is 4.31. The van der Waals surface area contributed by atoms with Crippen LogP contribution in [0.4, 0.5) is 5.82 Å². The fraction of sp³-hybridized carbons (Fsp3) is 0.381. The molecular formula is C42H49Cl5N16O2. The van der Waals surface area contributed by atoms with Gasteiger partial charge in [-0.25, -0.2) is 19.3 Å². The third kappa shape index (κ3) is 14.2. The number of likely N-dealkylation sites (tertiary alicyclic amines) is 2. The molecule has 2 aliphatic rings. The highest BCUT2D eigenvalue weighted by Crippen LogP contribution is 2.26. The van der Waals surface area contributed by atoms with Crippen LogP contribution in [0, 0.1) is 11.8 Å². The SMILES string of the molecule is CN1CCC(CN)CC1.CN1CCC(CNc2ncc(Cl)cc2C(=O)NCc2c(Cl)cccc2-n2cnnn2)CC1.O=C(NCc1c(Cl)cccc1-n1cnnn1)c1cc(Cl)cnc1Cl. The molecule has 23 heteroatoms. The first kappa shape index (κ1) is 49.4. The van der Waals surface area contributed by atoms with Crippen LogP contribution >= 0.6 is 58.0 Å². The minimum atomic E-state index is -0.419. The number of hydrogen-bond acceptors (Lipinski definition) is 14. The maximum atomic E-state index is 13.0. The lowest BCUT2D eigenvalue weighted by Crippen LogP contribution is -2.33. The van der Waals surface area contributed by atoms with E-state index in [2.05, 4.69) is 80.9 Å². The Hall–Kier alpha value is -5.05. The summed E-state index contributed by atoms with van der Waals surface area (Å²) in [6.07, 6.45) is 10.7. The predicted molar refractivity (Wildman–Crippen MR) is 252 cm³/mol. The van der Waals surface area contributed by atoms with E-state index >= 15 is 0 Å². The number of nitrogens with two attached hydrogens (primary N) is 1. The van der Waals surface area contributed by atoms with Gasteiger partial charge in [0.05, 0.1) is 32.5 Å². The number of aromatic nitrogens is 10. The normalized spacial score (nSPS) is 14.7. The van der Waals surface area contributed by atoms with E-state index in [4.69, 9.17) is 63.7 Å². The zero-order valence-corrected chi connectivity index (χ0v) is 39.5. The first-order chi connectivity index (χ1) is 31.4. The van der Waals surface area contributed by atoms with Crippen LogP contribution in [0.3, 0.4) is 0 Å². The second-order valence-electron chi connectivity index (χ2n) is 15.5. The zero-order valence-electron chi connectivity index (χ0n) is 35.7. The van der Waals surface area contributed by atoms with E-state index in [0.29, 0.717) is 59.9 Å². The van der Waals surface area contributed by atoms with E-state index in [9.17, 15) is 9.59 Å². The first-order valence-electron chi connectivity index (χ1n) is 20.8. The van der Waals surface area contributed by atoms with Gasteiger partial charge in [0, 0.05) is 53.2 Å². The first-order valence-corrected chi connectivity index (χ1v) is 22.6. The van der Waals surface area contributed by atoms with Gasteiger partial charge in [0.1, 0.15) is 23.6 Å². The molecule has 0 spiro atoms. The number of nitrogens with one attached hydrogen (secondary N) is 3. The predicted octanol–water partition coefficient (Wildman–Crippen LogP) is 6.28. The number of nitrogens with zero attached hydrogens (tertiary/aromatic N) is 12. The molecule has 0 unspecified atom stereocenters. The topological polar surface area (TPSA) is 216 Å². The lowest BCUT2D eigenvalue weighted by molar-refractivity contribution is 0.0943. The van der Waals surface area contributed by atoms with Gasteiger partial charge in [0.2, 0.25) is 0 Å². The Labute approximate surface area is 401 Å². The van der Waals surface area contributed by atoms with Crippen molar-refractivity contribution in [3.05, 3.63) is 121 Å². The Morgan fingerprint density at radius 3 is 1.65 bits per heavy atom. The molecule has 65 heavy (non-hydrogen) atoms. The Balaban J connectivity index is 0.000000186. The minimum Gasteiger partial charge on any atom is -0.369 e. The molecule has 6 aromatic rings. The van der Waals surface area contributed by atoms with Crippen molar-refractivity contribution in [2.45, 2.75) is 38.8 Å². The molecule has 2 fully saturated rings. The number of amides is 2. The van der Waals surface area contributed by atoms with Crippen molar-refractivity contribution in [1.29, 1.82) is 0 Å². The highest BCUT2D eigenvalue weighted by atomic mass is 35.5. The molecule has 8 rings (SSSR count). The smallest absolute Gasteiger partial charge is 0.255 e. The summed E-state index contributed by atoms with van der Waals surface area (Å²) < 4.78 is 2.96. The van der Waals surface area contributed by atoms with Gasteiger partial charge in [0.15, 0.2) is 0 Å². The van der Waals surface area contributed by atoms with Gasteiger partial charge in [-0.3, -0.25) is 9.59 Å². The van der Waals surface area contributed by atoms with Crippen LogP contribution in [0.2, 0.25) is 25.2 Å². The fourth-order valence-corrected chi connectivity index (χ4v) is 8.06. The number of hydrogen-bond donors (Lipinski definition) is 4. The van der Waals surface area contributed by atoms with E-state index in [-0.39, 0.29) is 29.7 Å². The van der Waals surface area contributed by atoms with Crippen molar-refractivity contribution in [1.82, 2.24) is 70.8 Å². The molecule has 2 saturated heterocycles. The number of tetrazole rings is 2. The summed E-state index contributed by atoms with van der Waals surface area (Å²) in [6.45, 7) is 6.61. The van der Waals surface area contributed by atoms with Crippen LogP contribution < -0.4 is 21.7 Å². The Morgan fingerprint density at radius 1 is 0.677 bits per heavy atom. The number of anilines is 1. The molecule has 0 saturated carbocycles. The monoisotopic (exact) mass is 984 g/mol. The summed E-state index contributed by atoms with van der Waals surface area (Å²) in [5.41, 5.74) is 8.80. The molecule has 4 aromatic heterocycles. The second-order valence-corrected chi connectivity index (χ2v) is 17.5. The van der Waals surface area contributed by atoms with Crippen molar-refractivity contribution in [2.75, 3.05) is 58.7 Å². The van der Waals surface area contributed by atoms with E-state index in [1.807, 2.05) is 6.07 Å². The highest BCUT2D eigenvalue weighted by molar-refractivity contribution is 6.35. The fourth-order valence-electron chi connectivity index (χ4n) is 7.08. The molecule has 0 radical (unpaired) electrons. The second kappa shape index (κ2) is 24.5. The van der Waals surface area contributed by atoms with Crippen molar-refractivity contribution in [3.63, 3.8) is 0 Å². The summed E-state index contributed by atoms with van der Waals surface area (Å²) in [5.74, 6) is 1.15. The third-order valence-electron chi connectivity index (χ3n) is 10.9. The average molecular weight is 987 g/mol. The molecule has 0 atom stereocenters. The zero-order chi connectivity index (χ0) is 46.3. The molecule has 0 aliphatic carbocycles. The van der Waals surface area contributed by atoms with Crippen LogP contribution in [0.25, 0.3) is 11.4 Å². The number of rotatable bonds is 12. The average Bonchev–Trinajstić information content (AvgIpc) is 4.06. The van der Waals surface area contributed by atoms with Gasteiger partial charge in [-0.15, -0.1) is 10.2 Å². The Kier molecular flexibility index (Phi) is 18.6. The summed E-state index contributed by atoms with van der Waals surface area (Å²) in [6, 6.07) is 13.7. The largest absolute Gasteiger partial charge is 0.369 e. The van der Waals surface area contributed by atoms with Crippen molar-refractivity contribution < 1.29 is 9.59 Å².